The summed E-state index contributed by atoms with van der Waals surface area (Å²) in [6.45, 7) is 4.48. The molecule has 2 N–H and O–H groups in total. The van der Waals surface area contributed by atoms with Crippen LogP contribution >= 0.6 is 23.1 Å². The predicted molar refractivity (Wildman–Crippen MR) is 104 cm³/mol. The van der Waals surface area contributed by atoms with E-state index in [1.54, 1.807) is 12.1 Å². The molecular formula is C18H23FN4OS2. The molecule has 26 heavy (non-hydrogen) atoms. The van der Waals surface area contributed by atoms with Gasteiger partial charge in [-0.15, -0.1) is 10.2 Å². The number of thioether (sulfide) groups is 1. The molecule has 1 saturated carbocycles. The van der Waals surface area contributed by atoms with Gasteiger partial charge in [0.15, 0.2) is 4.34 Å². The normalized spacial score (nSPS) is 22.8. The van der Waals surface area contributed by atoms with Gasteiger partial charge in [-0.1, -0.05) is 55.9 Å². The first kappa shape index (κ1) is 19.1. The first-order valence-corrected chi connectivity index (χ1v) is 10.6. The van der Waals surface area contributed by atoms with Gasteiger partial charge in [0.1, 0.15) is 5.82 Å². The first-order chi connectivity index (χ1) is 12.5. The standard InChI is InChI=1S/C18H23FN4OS2/c1-11-5-3-8-15(12(11)2)21-16(24)10-25-18-23-22-17(26-18)20-14-7-4-6-13(19)9-14/h4,6-7,9,11-12,15H,3,5,8,10H2,1-2H3,(H,20,22)(H,21,24). The molecule has 8 heteroatoms. The van der Waals surface area contributed by atoms with Crippen molar-refractivity contribution in [1.29, 1.82) is 0 Å². The van der Waals surface area contributed by atoms with E-state index >= 15 is 0 Å². The van der Waals surface area contributed by atoms with E-state index in [1.165, 1.54) is 48.1 Å². The van der Waals surface area contributed by atoms with E-state index in [-0.39, 0.29) is 17.8 Å². The maximum absolute atomic E-state index is 13.2. The number of nitrogens with one attached hydrogen (secondary N) is 2. The average Bonchev–Trinajstić information content (AvgIpc) is 3.05. The Balaban J connectivity index is 1.47. The number of hydrogen-bond acceptors (Lipinski definition) is 6. The number of hydrogen-bond donors (Lipinski definition) is 2. The zero-order valence-electron chi connectivity index (χ0n) is 14.9. The lowest BCUT2D eigenvalue weighted by Gasteiger charge is -2.34. The number of nitrogens with zero attached hydrogens (tertiary/aromatic N) is 2. The van der Waals surface area contributed by atoms with Gasteiger partial charge in [0, 0.05) is 11.7 Å². The van der Waals surface area contributed by atoms with Gasteiger partial charge >= 0.3 is 0 Å². The molecule has 0 bridgehead atoms. The number of rotatable bonds is 6. The van der Waals surface area contributed by atoms with E-state index in [9.17, 15) is 9.18 Å². The van der Waals surface area contributed by atoms with Crippen molar-refractivity contribution in [2.45, 2.75) is 43.5 Å². The highest BCUT2D eigenvalue weighted by molar-refractivity contribution is 8.01. The van der Waals surface area contributed by atoms with Crippen molar-refractivity contribution in [3.63, 3.8) is 0 Å². The summed E-state index contributed by atoms with van der Waals surface area (Å²) in [6, 6.07) is 6.45. The lowest BCUT2D eigenvalue weighted by atomic mass is 9.78. The first-order valence-electron chi connectivity index (χ1n) is 8.79. The van der Waals surface area contributed by atoms with E-state index in [1.807, 2.05) is 0 Å². The summed E-state index contributed by atoms with van der Waals surface area (Å²) in [5, 5.41) is 14.9. The van der Waals surface area contributed by atoms with Crippen molar-refractivity contribution >= 4 is 39.8 Å². The second-order valence-electron chi connectivity index (χ2n) is 6.74. The van der Waals surface area contributed by atoms with Crippen LogP contribution in [-0.2, 0) is 4.79 Å². The minimum Gasteiger partial charge on any atom is -0.352 e. The number of carbonyl (C=O) groups excluding carboxylic acids is 1. The summed E-state index contributed by atoms with van der Waals surface area (Å²) < 4.78 is 13.9. The Morgan fingerprint density at radius 3 is 3.00 bits per heavy atom. The lowest BCUT2D eigenvalue weighted by molar-refractivity contribution is -0.119. The van der Waals surface area contributed by atoms with Gasteiger partial charge in [-0.05, 0) is 36.5 Å². The van der Waals surface area contributed by atoms with Gasteiger partial charge in [0.2, 0.25) is 11.0 Å². The Kier molecular flexibility index (Phi) is 6.48. The van der Waals surface area contributed by atoms with E-state index < -0.39 is 0 Å². The third-order valence-electron chi connectivity index (χ3n) is 4.86. The maximum atomic E-state index is 13.2. The van der Waals surface area contributed by atoms with Crippen LogP contribution in [0.4, 0.5) is 15.2 Å². The lowest BCUT2D eigenvalue weighted by Crippen LogP contribution is -2.44. The highest BCUT2D eigenvalue weighted by atomic mass is 32.2. The summed E-state index contributed by atoms with van der Waals surface area (Å²) in [4.78, 5) is 12.2. The van der Waals surface area contributed by atoms with Crippen LogP contribution in [-0.4, -0.2) is 27.9 Å². The van der Waals surface area contributed by atoms with E-state index in [4.69, 9.17) is 0 Å². The molecule has 3 atom stereocenters. The van der Waals surface area contributed by atoms with Crippen molar-refractivity contribution in [3.05, 3.63) is 30.1 Å². The average molecular weight is 395 g/mol. The molecule has 1 aliphatic carbocycles. The Morgan fingerprint density at radius 1 is 1.35 bits per heavy atom. The zero-order chi connectivity index (χ0) is 18.5. The predicted octanol–water partition coefficient (Wildman–Crippen LogP) is 4.45. The molecule has 0 spiro atoms. The molecule has 0 saturated heterocycles. The maximum Gasteiger partial charge on any atom is 0.230 e. The van der Waals surface area contributed by atoms with Gasteiger partial charge in [-0.3, -0.25) is 4.79 Å². The molecule has 5 nitrogen and oxygen atoms in total. The van der Waals surface area contributed by atoms with Crippen molar-refractivity contribution < 1.29 is 9.18 Å². The summed E-state index contributed by atoms with van der Waals surface area (Å²) in [6.07, 6.45) is 3.48. The Hall–Kier alpha value is -1.67. The second-order valence-corrected chi connectivity index (χ2v) is 8.94. The third kappa shape index (κ3) is 5.17. The largest absolute Gasteiger partial charge is 0.352 e. The number of halogens is 1. The summed E-state index contributed by atoms with van der Waals surface area (Å²) in [5.74, 6) is 1.22. The van der Waals surface area contributed by atoms with Crippen LogP contribution in [0.2, 0.25) is 0 Å². The Morgan fingerprint density at radius 2 is 2.19 bits per heavy atom. The van der Waals surface area contributed by atoms with Gasteiger partial charge in [-0.2, -0.15) is 0 Å². The molecule has 3 unspecified atom stereocenters. The van der Waals surface area contributed by atoms with Crippen LogP contribution in [0.3, 0.4) is 0 Å². The number of aromatic nitrogens is 2. The summed E-state index contributed by atoms with van der Waals surface area (Å²) in [7, 11) is 0. The molecule has 140 valence electrons. The molecular weight excluding hydrogens is 371 g/mol. The number of anilines is 2. The fraction of sp³-hybridized carbons (Fsp3) is 0.500. The van der Waals surface area contributed by atoms with Gasteiger partial charge in [0.25, 0.3) is 0 Å². The Labute approximate surface area is 161 Å². The fourth-order valence-corrected chi connectivity index (χ4v) is 4.75. The zero-order valence-corrected chi connectivity index (χ0v) is 16.5. The highest BCUT2D eigenvalue weighted by Gasteiger charge is 2.28. The number of carbonyl (C=O) groups is 1. The van der Waals surface area contributed by atoms with Crippen LogP contribution in [0.1, 0.15) is 33.1 Å². The van der Waals surface area contributed by atoms with Crippen molar-refractivity contribution in [2.75, 3.05) is 11.1 Å². The third-order valence-corrected chi connectivity index (χ3v) is 6.83. The van der Waals surface area contributed by atoms with Gasteiger partial charge < -0.3 is 10.6 Å². The van der Waals surface area contributed by atoms with Gasteiger partial charge in [0.05, 0.1) is 5.75 Å². The van der Waals surface area contributed by atoms with Crippen LogP contribution in [0, 0.1) is 17.7 Å². The number of amides is 1. The number of benzene rings is 1. The molecule has 1 aromatic carbocycles. The van der Waals surface area contributed by atoms with E-state index in [2.05, 4.69) is 34.7 Å². The minimum absolute atomic E-state index is 0.0378. The summed E-state index contributed by atoms with van der Waals surface area (Å²) in [5.41, 5.74) is 0.621. The van der Waals surface area contributed by atoms with Gasteiger partial charge in [-0.25, -0.2) is 4.39 Å². The van der Waals surface area contributed by atoms with Crippen LogP contribution in [0.25, 0.3) is 0 Å². The smallest absolute Gasteiger partial charge is 0.230 e. The molecule has 1 aliphatic rings. The second kappa shape index (κ2) is 8.81. The van der Waals surface area contributed by atoms with Crippen molar-refractivity contribution in [2.24, 2.45) is 11.8 Å². The molecule has 3 rings (SSSR count). The van der Waals surface area contributed by atoms with Crippen molar-refractivity contribution in [3.8, 4) is 0 Å². The molecule has 0 aliphatic heterocycles. The van der Waals surface area contributed by atoms with Crippen molar-refractivity contribution in [1.82, 2.24) is 15.5 Å². The molecule has 1 heterocycles. The molecule has 0 radical (unpaired) electrons. The van der Waals surface area contributed by atoms with Crippen LogP contribution in [0.15, 0.2) is 28.6 Å². The minimum atomic E-state index is -0.308. The van der Waals surface area contributed by atoms with E-state index in [0.29, 0.717) is 32.7 Å². The molecule has 1 aromatic heterocycles. The molecule has 2 aromatic rings. The summed E-state index contributed by atoms with van der Waals surface area (Å²) >= 11 is 2.72. The van der Waals surface area contributed by atoms with Crippen LogP contribution in [0.5, 0.6) is 0 Å². The highest BCUT2D eigenvalue weighted by Crippen LogP contribution is 2.30. The van der Waals surface area contributed by atoms with E-state index in [0.717, 1.165) is 6.42 Å². The topological polar surface area (TPSA) is 66.9 Å². The SMILES string of the molecule is CC1CCCC(NC(=O)CSc2nnc(Nc3cccc(F)c3)s2)C1C. The molecule has 1 amide bonds. The van der Waals surface area contributed by atoms with Crippen LogP contribution < -0.4 is 10.6 Å². The monoisotopic (exact) mass is 394 g/mol. The Bertz CT molecular complexity index is 754. The molecule has 1 fully saturated rings. The fourth-order valence-electron chi connectivity index (χ4n) is 3.17. The quantitative estimate of drug-likeness (QED) is 0.709.